The number of thioether (sulfide) groups is 1. The molecule has 2 rings (SSSR count). The normalized spacial score (nSPS) is 12.5. The van der Waals surface area contributed by atoms with Crippen molar-refractivity contribution in [3.8, 4) is 0 Å². The molecule has 0 saturated heterocycles. The molecule has 1 aromatic heterocycles. The highest BCUT2D eigenvalue weighted by atomic mass is 32.2. The van der Waals surface area contributed by atoms with E-state index >= 15 is 0 Å². The summed E-state index contributed by atoms with van der Waals surface area (Å²) < 4.78 is 0. The molecule has 1 N–H and O–H groups in total. The summed E-state index contributed by atoms with van der Waals surface area (Å²) in [4.78, 5) is 2.75. The van der Waals surface area contributed by atoms with E-state index in [0.29, 0.717) is 6.04 Å². The van der Waals surface area contributed by atoms with Crippen molar-refractivity contribution in [1.29, 1.82) is 0 Å². The molecule has 0 fully saturated rings. The SMILES string of the molecule is CCCNC(c1ccc(SCC)cc1)c1cccs1. The largest absolute Gasteiger partial charge is 0.306 e. The fraction of sp³-hybridized carbons (Fsp3) is 0.375. The van der Waals surface area contributed by atoms with Crippen LogP contribution >= 0.6 is 23.1 Å². The topological polar surface area (TPSA) is 12.0 Å². The van der Waals surface area contributed by atoms with Gasteiger partial charge in [-0.1, -0.05) is 32.0 Å². The van der Waals surface area contributed by atoms with E-state index in [0.717, 1.165) is 18.7 Å². The van der Waals surface area contributed by atoms with Crippen LogP contribution in [0.4, 0.5) is 0 Å². The lowest BCUT2D eigenvalue weighted by Gasteiger charge is -2.18. The molecule has 0 amide bonds. The Morgan fingerprint density at radius 3 is 2.53 bits per heavy atom. The van der Waals surface area contributed by atoms with Crippen molar-refractivity contribution < 1.29 is 0 Å². The van der Waals surface area contributed by atoms with Crippen LogP contribution in [0.25, 0.3) is 0 Å². The van der Waals surface area contributed by atoms with Gasteiger partial charge >= 0.3 is 0 Å². The first kappa shape index (κ1) is 14.6. The minimum Gasteiger partial charge on any atom is -0.306 e. The molecule has 1 unspecified atom stereocenters. The zero-order valence-electron chi connectivity index (χ0n) is 11.6. The number of thiophene rings is 1. The highest BCUT2D eigenvalue weighted by Crippen LogP contribution is 2.28. The highest BCUT2D eigenvalue weighted by Gasteiger charge is 2.13. The first-order valence-electron chi connectivity index (χ1n) is 6.84. The molecule has 1 atom stereocenters. The molecule has 2 aromatic rings. The van der Waals surface area contributed by atoms with E-state index in [1.807, 2.05) is 23.1 Å². The number of rotatable bonds is 7. The van der Waals surface area contributed by atoms with Crippen LogP contribution in [0.5, 0.6) is 0 Å². The third-order valence-electron chi connectivity index (χ3n) is 2.95. The van der Waals surface area contributed by atoms with Gasteiger partial charge in [0.25, 0.3) is 0 Å². The van der Waals surface area contributed by atoms with Crippen molar-refractivity contribution in [2.45, 2.75) is 31.2 Å². The molecule has 1 nitrogen and oxygen atoms in total. The number of hydrogen-bond donors (Lipinski definition) is 1. The van der Waals surface area contributed by atoms with Crippen LogP contribution in [-0.2, 0) is 0 Å². The van der Waals surface area contributed by atoms with Gasteiger partial charge in [0.05, 0.1) is 6.04 Å². The van der Waals surface area contributed by atoms with E-state index in [2.05, 4.69) is 60.9 Å². The predicted molar refractivity (Wildman–Crippen MR) is 87.3 cm³/mol. The minimum atomic E-state index is 0.334. The average Bonchev–Trinajstić information content (AvgIpc) is 2.95. The number of hydrogen-bond acceptors (Lipinski definition) is 3. The van der Waals surface area contributed by atoms with Crippen LogP contribution < -0.4 is 5.32 Å². The van der Waals surface area contributed by atoms with Crippen molar-refractivity contribution >= 4 is 23.1 Å². The van der Waals surface area contributed by atoms with Crippen LogP contribution in [0, 0.1) is 0 Å². The van der Waals surface area contributed by atoms with Crippen molar-refractivity contribution in [2.75, 3.05) is 12.3 Å². The van der Waals surface area contributed by atoms with Crippen LogP contribution in [0.3, 0.4) is 0 Å². The van der Waals surface area contributed by atoms with Gasteiger partial charge in [-0.05, 0) is 47.9 Å². The van der Waals surface area contributed by atoms with Gasteiger partial charge in [-0.25, -0.2) is 0 Å². The first-order valence-corrected chi connectivity index (χ1v) is 8.71. The second-order valence-electron chi connectivity index (χ2n) is 4.40. The van der Waals surface area contributed by atoms with E-state index < -0.39 is 0 Å². The lowest BCUT2D eigenvalue weighted by molar-refractivity contribution is 0.605. The molecular weight excluding hydrogens is 270 g/mol. The van der Waals surface area contributed by atoms with E-state index in [9.17, 15) is 0 Å². The summed E-state index contributed by atoms with van der Waals surface area (Å²) >= 11 is 3.72. The van der Waals surface area contributed by atoms with Gasteiger partial charge in [-0.3, -0.25) is 0 Å². The second kappa shape index (κ2) is 7.73. The summed E-state index contributed by atoms with van der Waals surface area (Å²) in [6, 6.07) is 13.7. The molecule has 0 saturated carbocycles. The first-order chi connectivity index (χ1) is 9.35. The molecule has 1 aromatic carbocycles. The number of nitrogens with one attached hydrogen (secondary N) is 1. The Hall–Kier alpha value is -0.770. The van der Waals surface area contributed by atoms with Crippen molar-refractivity contribution in [3.05, 3.63) is 52.2 Å². The Kier molecular flexibility index (Phi) is 5.95. The summed E-state index contributed by atoms with van der Waals surface area (Å²) in [5, 5.41) is 5.79. The Balaban J connectivity index is 2.17. The van der Waals surface area contributed by atoms with Gasteiger partial charge < -0.3 is 5.32 Å². The van der Waals surface area contributed by atoms with Gasteiger partial charge in [0.2, 0.25) is 0 Å². The van der Waals surface area contributed by atoms with Crippen LogP contribution in [0.2, 0.25) is 0 Å². The Morgan fingerprint density at radius 2 is 1.95 bits per heavy atom. The molecule has 102 valence electrons. The molecular formula is C16H21NS2. The molecule has 0 aliphatic heterocycles. The fourth-order valence-electron chi connectivity index (χ4n) is 2.05. The van der Waals surface area contributed by atoms with Crippen molar-refractivity contribution in [1.82, 2.24) is 5.32 Å². The smallest absolute Gasteiger partial charge is 0.0671 e. The third kappa shape index (κ3) is 4.10. The summed E-state index contributed by atoms with van der Waals surface area (Å²) in [5.41, 5.74) is 1.36. The lowest BCUT2D eigenvalue weighted by Crippen LogP contribution is -2.22. The van der Waals surface area contributed by atoms with Crippen LogP contribution in [0.15, 0.2) is 46.7 Å². The van der Waals surface area contributed by atoms with E-state index in [1.165, 1.54) is 15.3 Å². The number of benzene rings is 1. The molecule has 3 heteroatoms. The minimum absolute atomic E-state index is 0.334. The Morgan fingerprint density at radius 1 is 1.16 bits per heavy atom. The van der Waals surface area contributed by atoms with Crippen molar-refractivity contribution in [3.63, 3.8) is 0 Å². The predicted octanol–water partition coefficient (Wildman–Crippen LogP) is 4.95. The van der Waals surface area contributed by atoms with E-state index in [-0.39, 0.29) is 0 Å². The van der Waals surface area contributed by atoms with Crippen LogP contribution in [0.1, 0.15) is 36.8 Å². The molecule has 19 heavy (non-hydrogen) atoms. The molecule has 1 heterocycles. The molecule has 0 aliphatic rings. The van der Waals surface area contributed by atoms with E-state index in [4.69, 9.17) is 0 Å². The Labute approximate surface area is 124 Å². The van der Waals surface area contributed by atoms with Crippen LogP contribution in [-0.4, -0.2) is 12.3 Å². The van der Waals surface area contributed by atoms with Gasteiger partial charge in [0, 0.05) is 9.77 Å². The standard InChI is InChI=1S/C16H21NS2/c1-3-11-17-16(15-6-5-12-19-15)13-7-9-14(10-8-13)18-4-2/h5-10,12,16-17H,3-4,11H2,1-2H3. The highest BCUT2D eigenvalue weighted by molar-refractivity contribution is 7.99. The molecule has 0 radical (unpaired) electrons. The summed E-state index contributed by atoms with van der Waals surface area (Å²) in [7, 11) is 0. The second-order valence-corrected chi connectivity index (χ2v) is 6.72. The maximum absolute atomic E-state index is 3.64. The van der Waals surface area contributed by atoms with Gasteiger partial charge in [0.1, 0.15) is 0 Å². The molecule has 0 aliphatic carbocycles. The van der Waals surface area contributed by atoms with Gasteiger partial charge in [-0.2, -0.15) is 0 Å². The zero-order chi connectivity index (χ0) is 13.5. The molecule has 0 spiro atoms. The van der Waals surface area contributed by atoms with Gasteiger partial charge in [-0.15, -0.1) is 23.1 Å². The third-order valence-corrected chi connectivity index (χ3v) is 4.78. The molecule has 0 bridgehead atoms. The monoisotopic (exact) mass is 291 g/mol. The summed E-state index contributed by atoms with van der Waals surface area (Å²) in [6.07, 6.45) is 1.16. The zero-order valence-corrected chi connectivity index (χ0v) is 13.2. The maximum atomic E-state index is 3.64. The quantitative estimate of drug-likeness (QED) is 0.724. The summed E-state index contributed by atoms with van der Waals surface area (Å²) in [6.45, 7) is 5.45. The Bertz CT molecular complexity index is 462. The van der Waals surface area contributed by atoms with E-state index in [1.54, 1.807) is 0 Å². The van der Waals surface area contributed by atoms with Gasteiger partial charge in [0.15, 0.2) is 0 Å². The lowest BCUT2D eigenvalue weighted by atomic mass is 10.1. The average molecular weight is 291 g/mol. The van der Waals surface area contributed by atoms with Crippen molar-refractivity contribution in [2.24, 2.45) is 0 Å². The maximum Gasteiger partial charge on any atom is 0.0671 e. The fourth-order valence-corrected chi connectivity index (χ4v) is 3.54. The summed E-state index contributed by atoms with van der Waals surface area (Å²) in [5.74, 6) is 1.13.